The van der Waals surface area contributed by atoms with Crippen molar-refractivity contribution in [2.45, 2.75) is 6.42 Å². The third kappa shape index (κ3) is 4.37. The van der Waals surface area contributed by atoms with Gasteiger partial charge in [-0.15, -0.1) is 0 Å². The Morgan fingerprint density at radius 1 is 1.00 bits per heavy atom. The van der Waals surface area contributed by atoms with Crippen LogP contribution < -0.4 is 5.32 Å². The molecule has 0 radical (unpaired) electrons. The van der Waals surface area contributed by atoms with Gasteiger partial charge in [0, 0.05) is 44.8 Å². The van der Waals surface area contributed by atoms with Gasteiger partial charge in [-0.1, -0.05) is 30.3 Å². The van der Waals surface area contributed by atoms with E-state index in [1.807, 2.05) is 59.5 Å². The fourth-order valence-corrected chi connectivity index (χ4v) is 3.01. The standard InChI is InChI=1S/C20H22N4O/c21-11-6-12-23-13-15-24(16-14-23)20(25)18-9-4-5-10-19(18)22-17-7-2-1-3-8-17/h1-5,7-10,22H,6,12-16H2. The molecule has 0 atom stereocenters. The minimum Gasteiger partial charge on any atom is -0.355 e. The van der Waals surface area contributed by atoms with Gasteiger partial charge >= 0.3 is 0 Å². The molecule has 1 saturated heterocycles. The van der Waals surface area contributed by atoms with E-state index in [-0.39, 0.29) is 5.91 Å². The fraction of sp³-hybridized carbons (Fsp3) is 0.300. The highest BCUT2D eigenvalue weighted by Gasteiger charge is 2.23. The van der Waals surface area contributed by atoms with Crippen molar-refractivity contribution in [1.82, 2.24) is 9.80 Å². The predicted molar refractivity (Wildman–Crippen MR) is 98.7 cm³/mol. The molecule has 1 fully saturated rings. The first-order chi connectivity index (χ1) is 12.3. The number of nitriles is 1. The van der Waals surface area contributed by atoms with Crippen molar-refractivity contribution >= 4 is 17.3 Å². The first-order valence-corrected chi connectivity index (χ1v) is 8.57. The van der Waals surface area contributed by atoms with Crippen LogP contribution in [0.25, 0.3) is 0 Å². The predicted octanol–water partition coefficient (Wildman–Crippen LogP) is 3.10. The second-order valence-corrected chi connectivity index (χ2v) is 6.08. The Bertz CT molecular complexity index is 746. The van der Waals surface area contributed by atoms with E-state index in [0.29, 0.717) is 25.1 Å². The summed E-state index contributed by atoms with van der Waals surface area (Å²) in [5.74, 6) is 0.0546. The molecule has 0 spiro atoms. The van der Waals surface area contributed by atoms with E-state index in [2.05, 4.69) is 16.3 Å². The smallest absolute Gasteiger partial charge is 0.256 e. The molecule has 1 N–H and O–H groups in total. The summed E-state index contributed by atoms with van der Waals surface area (Å²) in [5, 5.41) is 12.0. The summed E-state index contributed by atoms with van der Waals surface area (Å²) in [6, 6.07) is 19.7. The molecule has 1 aliphatic heterocycles. The van der Waals surface area contributed by atoms with Crippen LogP contribution in [0.2, 0.25) is 0 Å². The summed E-state index contributed by atoms with van der Waals surface area (Å²) in [6.45, 7) is 3.82. The third-order valence-corrected chi connectivity index (χ3v) is 4.41. The van der Waals surface area contributed by atoms with Gasteiger partial charge in [0.2, 0.25) is 0 Å². The molecule has 2 aromatic carbocycles. The molecule has 5 heteroatoms. The van der Waals surface area contributed by atoms with Gasteiger partial charge in [0.05, 0.1) is 17.3 Å². The van der Waals surface area contributed by atoms with Crippen molar-refractivity contribution in [3.63, 3.8) is 0 Å². The summed E-state index contributed by atoms with van der Waals surface area (Å²) in [4.78, 5) is 17.1. The number of carbonyl (C=O) groups is 1. The van der Waals surface area contributed by atoms with Gasteiger partial charge in [-0.3, -0.25) is 9.69 Å². The first kappa shape index (κ1) is 17.0. The van der Waals surface area contributed by atoms with Crippen LogP contribution in [0.15, 0.2) is 54.6 Å². The molecule has 25 heavy (non-hydrogen) atoms. The maximum Gasteiger partial charge on any atom is 0.256 e. The lowest BCUT2D eigenvalue weighted by Crippen LogP contribution is -2.48. The molecule has 0 aliphatic carbocycles. The lowest BCUT2D eigenvalue weighted by atomic mass is 10.1. The van der Waals surface area contributed by atoms with Crippen molar-refractivity contribution in [3.05, 3.63) is 60.2 Å². The highest BCUT2D eigenvalue weighted by molar-refractivity contribution is 6.00. The number of para-hydroxylation sites is 2. The zero-order chi connectivity index (χ0) is 17.5. The summed E-state index contributed by atoms with van der Waals surface area (Å²) in [5.41, 5.74) is 2.48. The molecular weight excluding hydrogens is 312 g/mol. The molecule has 0 saturated carbocycles. The Labute approximate surface area is 148 Å². The Kier molecular flexibility index (Phi) is 5.65. The minimum atomic E-state index is 0.0546. The van der Waals surface area contributed by atoms with Crippen LogP contribution in [-0.2, 0) is 0 Å². The zero-order valence-electron chi connectivity index (χ0n) is 14.2. The van der Waals surface area contributed by atoms with Gasteiger partial charge in [0.1, 0.15) is 0 Å². The second-order valence-electron chi connectivity index (χ2n) is 6.08. The highest BCUT2D eigenvalue weighted by Crippen LogP contribution is 2.22. The van der Waals surface area contributed by atoms with Crippen molar-refractivity contribution in [3.8, 4) is 6.07 Å². The monoisotopic (exact) mass is 334 g/mol. The zero-order valence-corrected chi connectivity index (χ0v) is 14.2. The number of carbonyl (C=O) groups excluding carboxylic acids is 1. The molecule has 1 amide bonds. The van der Waals surface area contributed by atoms with Crippen LogP contribution in [0, 0.1) is 11.3 Å². The molecule has 3 rings (SSSR count). The lowest BCUT2D eigenvalue weighted by Gasteiger charge is -2.34. The van der Waals surface area contributed by atoms with Gasteiger partial charge in [0.15, 0.2) is 0 Å². The molecule has 2 aromatic rings. The Morgan fingerprint density at radius 3 is 2.40 bits per heavy atom. The van der Waals surface area contributed by atoms with Gasteiger partial charge in [-0.25, -0.2) is 0 Å². The van der Waals surface area contributed by atoms with E-state index in [4.69, 9.17) is 5.26 Å². The van der Waals surface area contributed by atoms with E-state index in [1.54, 1.807) is 0 Å². The number of nitrogens with one attached hydrogen (secondary N) is 1. The molecule has 128 valence electrons. The largest absolute Gasteiger partial charge is 0.355 e. The number of anilines is 2. The maximum atomic E-state index is 12.9. The average Bonchev–Trinajstić information content (AvgIpc) is 2.67. The van der Waals surface area contributed by atoms with Crippen LogP contribution in [0.5, 0.6) is 0 Å². The molecule has 5 nitrogen and oxygen atoms in total. The first-order valence-electron chi connectivity index (χ1n) is 8.57. The Morgan fingerprint density at radius 2 is 1.68 bits per heavy atom. The normalized spacial score (nSPS) is 14.8. The number of hydrogen-bond acceptors (Lipinski definition) is 4. The van der Waals surface area contributed by atoms with Gasteiger partial charge < -0.3 is 10.2 Å². The summed E-state index contributed by atoms with van der Waals surface area (Å²) < 4.78 is 0. The average molecular weight is 334 g/mol. The third-order valence-electron chi connectivity index (χ3n) is 4.41. The fourth-order valence-electron chi connectivity index (χ4n) is 3.01. The Balaban J connectivity index is 1.68. The van der Waals surface area contributed by atoms with E-state index < -0.39 is 0 Å². The van der Waals surface area contributed by atoms with E-state index in [9.17, 15) is 4.79 Å². The number of rotatable bonds is 5. The molecule has 1 aliphatic rings. The van der Waals surface area contributed by atoms with E-state index in [0.717, 1.165) is 31.0 Å². The molecular formula is C20H22N4O. The number of piperazine rings is 1. The summed E-state index contributed by atoms with van der Waals surface area (Å²) in [6.07, 6.45) is 0.539. The molecule has 0 bridgehead atoms. The number of nitrogens with zero attached hydrogens (tertiary/aromatic N) is 3. The topological polar surface area (TPSA) is 59.4 Å². The van der Waals surface area contributed by atoms with Crippen LogP contribution in [0.4, 0.5) is 11.4 Å². The van der Waals surface area contributed by atoms with Gasteiger partial charge in [0.25, 0.3) is 5.91 Å². The molecule has 0 aromatic heterocycles. The maximum absolute atomic E-state index is 12.9. The van der Waals surface area contributed by atoms with Crippen molar-refractivity contribution in [2.75, 3.05) is 38.0 Å². The summed E-state index contributed by atoms with van der Waals surface area (Å²) >= 11 is 0. The van der Waals surface area contributed by atoms with Crippen molar-refractivity contribution < 1.29 is 4.79 Å². The Hall–Kier alpha value is -2.84. The molecule has 1 heterocycles. The SMILES string of the molecule is N#CCCN1CCN(C(=O)c2ccccc2Nc2ccccc2)CC1. The second kappa shape index (κ2) is 8.32. The number of benzene rings is 2. The molecule has 0 unspecified atom stereocenters. The quantitative estimate of drug-likeness (QED) is 0.913. The number of amides is 1. The lowest BCUT2D eigenvalue weighted by molar-refractivity contribution is 0.0640. The highest BCUT2D eigenvalue weighted by atomic mass is 16.2. The van der Waals surface area contributed by atoms with Crippen LogP contribution in [0.3, 0.4) is 0 Å². The van der Waals surface area contributed by atoms with E-state index in [1.165, 1.54) is 0 Å². The number of hydrogen-bond donors (Lipinski definition) is 1. The van der Waals surface area contributed by atoms with Crippen LogP contribution in [0.1, 0.15) is 16.8 Å². The van der Waals surface area contributed by atoms with Crippen LogP contribution >= 0.6 is 0 Å². The summed E-state index contributed by atoms with van der Waals surface area (Å²) in [7, 11) is 0. The van der Waals surface area contributed by atoms with E-state index >= 15 is 0 Å². The van der Waals surface area contributed by atoms with Crippen LogP contribution in [-0.4, -0.2) is 48.4 Å². The van der Waals surface area contributed by atoms with Crippen molar-refractivity contribution in [2.24, 2.45) is 0 Å². The van der Waals surface area contributed by atoms with Crippen molar-refractivity contribution in [1.29, 1.82) is 5.26 Å². The van der Waals surface area contributed by atoms with Gasteiger partial charge in [-0.05, 0) is 24.3 Å². The van der Waals surface area contributed by atoms with Gasteiger partial charge in [-0.2, -0.15) is 5.26 Å². The minimum absolute atomic E-state index is 0.0546.